The molecule has 4 nitrogen and oxygen atoms in total. The Bertz CT molecular complexity index is 680. The number of ether oxygens (including phenoxy) is 2. The molecule has 0 aliphatic rings. The SMILES string of the molecule is CCOc1ccc(C(N)=O)cc1COc1ccc(C)c(C)c1. The van der Waals surface area contributed by atoms with Gasteiger partial charge in [-0.05, 0) is 62.2 Å². The van der Waals surface area contributed by atoms with Crippen molar-refractivity contribution in [2.75, 3.05) is 6.61 Å². The standard InChI is InChI=1S/C18H21NO3/c1-4-21-17-8-6-14(18(19)20)10-15(17)11-22-16-7-5-12(2)13(3)9-16/h5-10H,4,11H2,1-3H3,(H2,19,20). The van der Waals surface area contributed by atoms with Crippen molar-refractivity contribution in [3.63, 3.8) is 0 Å². The summed E-state index contributed by atoms with van der Waals surface area (Å²) in [7, 11) is 0. The predicted octanol–water partition coefficient (Wildman–Crippen LogP) is 3.38. The fourth-order valence-corrected chi connectivity index (χ4v) is 2.11. The number of rotatable bonds is 6. The second-order valence-electron chi connectivity index (χ2n) is 5.15. The number of hydrogen-bond acceptors (Lipinski definition) is 3. The van der Waals surface area contributed by atoms with Gasteiger partial charge in [-0.3, -0.25) is 4.79 Å². The molecule has 0 saturated carbocycles. The normalized spacial score (nSPS) is 10.3. The van der Waals surface area contributed by atoms with Crippen LogP contribution in [0.2, 0.25) is 0 Å². The van der Waals surface area contributed by atoms with E-state index >= 15 is 0 Å². The molecule has 0 unspecified atom stereocenters. The van der Waals surface area contributed by atoms with Crippen LogP contribution in [0.4, 0.5) is 0 Å². The lowest BCUT2D eigenvalue weighted by Gasteiger charge is -2.13. The average molecular weight is 299 g/mol. The van der Waals surface area contributed by atoms with Crippen molar-refractivity contribution in [3.8, 4) is 11.5 Å². The van der Waals surface area contributed by atoms with Gasteiger partial charge in [0.15, 0.2) is 0 Å². The Morgan fingerprint density at radius 1 is 1.05 bits per heavy atom. The van der Waals surface area contributed by atoms with Gasteiger partial charge in [0.1, 0.15) is 18.1 Å². The summed E-state index contributed by atoms with van der Waals surface area (Å²) in [4.78, 5) is 11.3. The van der Waals surface area contributed by atoms with Crippen molar-refractivity contribution in [1.29, 1.82) is 0 Å². The molecular weight excluding hydrogens is 278 g/mol. The molecule has 0 saturated heterocycles. The number of primary amides is 1. The molecule has 2 rings (SSSR count). The van der Waals surface area contributed by atoms with Crippen LogP contribution in [0.3, 0.4) is 0 Å². The van der Waals surface area contributed by atoms with Crippen LogP contribution in [-0.4, -0.2) is 12.5 Å². The molecular formula is C18H21NO3. The first-order valence-electron chi connectivity index (χ1n) is 7.27. The van der Waals surface area contributed by atoms with Crippen molar-refractivity contribution in [2.45, 2.75) is 27.4 Å². The highest BCUT2D eigenvalue weighted by Gasteiger charge is 2.09. The largest absolute Gasteiger partial charge is 0.493 e. The van der Waals surface area contributed by atoms with Crippen LogP contribution >= 0.6 is 0 Å². The third-order valence-electron chi connectivity index (χ3n) is 3.52. The lowest BCUT2D eigenvalue weighted by molar-refractivity contribution is 0.1000. The van der Waals surface area contributed by atoms with E-state index in [2.05, 4.69) is 6.92 Å². The Kier molecular flexibility index (Phi) is 5.04. The fraction of sp³-hybridized carbons (Fsp3) is 0.278. The van der Waals surface area contributed by atoms with Gasteiger partial charge >= 0.3 is 0 Å². The van der Waals surface area contributed by atoms with E-state index in [9.17, 15) is 4.79 Å². The van der Waals surface area contributed by atoms with Crippen molar-refractivity contribution >= 4 is 5.91 Å². The molecule has 0 atom stereocenters. The summed E-state index contributed by atoms with van der Waals surface area (Å²) >= 11 is 0. The molecule has 1 amide bonds. The zero-order valence-corrected chi connectivity index (χ0v) is 13.2. The van der Waals surface area contributed by atoms with Crippen LogP contribution < -0.4 is 15.2 Å². The summed E-state index contributed by atoms with van der Waals surface area (Å²) < 4.78 is 11.4. The first-order valence-corrected chi connectivity index (χ1v) is 7.27. The molecule has 0 bridgehead atoms. The molecule has 2 aromatic rings. The lowest BCUT2D eigenvalue weighted by atomic mass is 10.1. The Labute approximate surface area is 130 Å². The van der Waals surface area contributed by atoms with Crippen molar-refractivity contribution < 1.29 is 14.3 Å². The van der Waals surface area contributed by atoms with Gasteiger partial charge in [0.25, 0.3) is 0 Å². The van der Waals surface area contributed by atoms with E-state index in [-0.39, 0.29) is 0 Å². The van der Waals surface area contributed by atoms with Crippen LogP contribution in [0.25, 0.3) is 0 Å². The lowest BCUT2D eigenvalue weighted by Crippen LogP contribution is -2.12. The second kappa shape index (κ2) is 6.98. The Hall–Kier alpha value is -2.49. The minimum atomic E-state index is -0.463. The minimum absolute atomic E-state index is 0.318. The molecule has 0 heterocycles. The molecule has 2 N–H and O–H groups in total. The molecule has 0 spiro atoms. The molecule has 0 aliphatic heterocycles. The van der Waals surface area contributed by atoms with Crippen LogP contribution in [-0.2, 0) is 6.61 Å². The second-order valence-corrected chi connectivity index (χ2v) is 5.15. The molecule has 22 heavy (non-hydrogen) atoms. The predicted molar refractivity (Wildman–Crippen MR) is 86.4 cm³/mol. The zero-order valence-electron chi connectivity index (χ0n) is 13.2. The Morgan fingerprint density at radius 2 is 1.82 bits per heavy atom. The number of aryl methyl sites for hydroxylation is 2. The van der Waals surface area contributed by atoms with Gasteiger partial charge in [-0.1, -0.05) is 6.07 Å². The summed E-state index contributed by atoms with van der Waals surface area (Å²) in [5, 5.41) is 0. The van der Waals surface area contributed by atoms with Crippen LogP contribution in [0.1, 0.15) is 34.0 Å². The number of hydrogen-bond donors (Lipinski definition) is 1. The van der Waals surface area contributed by atoms with E-state index in [4.69, 9.17) is 15.2 Å². The Balaban J connectivity index is 2.20. The van der Waals surface area contributed by atoms with E-state index < -0.39 is 5.91 Å². The first kappa shape index (κ1) is 15.9. The van der Waals surface area contributed by atoms with Gasteiger partial charge in [0.05, 0.1) is 6.61 Å². The van der Waals surface area contributed by atoms with E-state index in [1.54, 1.807) is 18.2 Å². The van der Waals surface area contributed by atoms with Gasteiger partial charge in [0, 0.05) is 11.1 Å². The van der Waals surface area contributed by atoms with Gasteiger partial charge in [-0.2, -0.15) is 0 Å². The van der Waals surface area contributed by atoms with Crippen LogP contribution in [0.15, 0.2) is 36.4 Å². The van der Waals surface area contributed by atoms with Gasteiger partial charge in [-0.15, -0.1) is 0 Å². The summed E-state index contributed by atoms with van der Waals surface area (Å²) in [5.41, 5.74) is 8.97. The van der Waals surface area contributed by atoms with Gasteiger partial charge < -0.3 is 15.2 Å². The van der Waals surface area contributed by atoms with Crippen molar-refractivity contribution in [3.05, 3.63) is 58.7 Å². The van der Waals surface area contributed by atoms with Crippen LogP contribution in [0, 0.1) is 13.8 Å². The van der Waals surface area contributed by atoms with Crippen molar-refractivity contribution in [1.82, 2.24) is 0 Å². The topological polar surface area (TPSA) is 61.5 Å². The number of nitrogens with two attached hydrogens (primary N) is 1. The molecule has 116 valence electrons. The smallest absolute Gasteiger partial charge is 0.248 e. The molecule has 0 fully saturated rings. The number of amides is 1. The van der Waals surface area contributed by atoms with Crippen LogP contribution in [0.5, 0.6) is 11.5 Å². The molecule has 2 aromatic carbocycles. The van der Waals surface area contributed by atoms with Gasteiger partial charge in [-0.25, -0.2) is 0 Å². The highest BCUT2D eigenvalue weighted by Crippen LogP contribution is 2.23. The summed E-state index contributed by atoms with van der Waals surface area (Å²) in [5.74, 6) is 1.03. The van der Waals surface area contributed by atoms with E-state index in [0.29, 0.717) is 24.5 Å². The number of carbonyl (C=O) groups excluding carboxylic acids is 1. The third-order valence-corrected chi connectivity index (χ3v) is 3.52. The van der Waals surface area contributed by atoms with Crippen molar-refractivity contribution in [2.24, 2.45) is 5.73 Å². The maximum atomic E-state index is 11.3. The maximum Gasteiger partial charge on any atom is 0.248 e. The average Bonchev–Trinajstić information content (AvgIpc) is 2.49. The summed E-state index contributed by atoms with van der Waals surface area (Å²) in [6, 6.07) is 11.1. The quantitative estimate of drug-likeness (QED) is 0.889. The minimum Gasteiger partial charge on any atom is -0.493 e. The molecule has 0 radical (unpaired) electrons. The maximum absolute atomic E-state index is 11.3. The van der Waals surface area contributed by atoms with E-state index in [1.807, 2.05) is 32.0 Å². The Morgan fingerprint density at radius 3 is 2.45 bits per heavy atom. The highest BCUT2D eigenvalue weighted by molar-refractivity contribution is 5.93. The third kappa shape index (κ3) is 3.79. The highest BCUT2D eigenvalue weighted by atomic mass is 16.5. The summed E-state index contributed by atoms with van der Waals surface area (Å²) in [6.45, 7) is 6.88. The first-order chi connectivity index (χ1) is 10.5. The monoisotopic (exact) mass is 299 g/mol. The number of benzene rings is 2. The fourth-order valence-electron chi connectivity index (χ4n) is 2.11. The van der Waals surface area contributed by atoms with E-state index in [0.717, 1.165) is 11.3 Å². The molecule has 4 heteroatoms. The van der Waals surface area contributed by atoms with Gasteiger partial charge in [0.2, 0.25) is 5.91 Å². The molecule has 0 aromatic heterocycles. The summed E-state index contributed by atoms with van der Waals surface area (Å²) in [6.07, 6.45) is 0. The zero-order chi connectivity index (χ0) is 16.1. The van der Waals surface area contributed by atoms with E-state index in [1.165, 1.54) is 11.1 Å². The number of carbonyl (C=O) groups is 1. The molecule has 0 aliphatic carbocycles.